The third kappa shape index (κ3) is 3.53. The molecule has 0 aliphatic rings. The molecule has 10 rings (SSSR count). The molecule has 10 aromatic rings. The lowest BCUT2D eigenvalue weighted by Crippen LogP contribution is -2.04. The largest absolute Gasteiger partial charge is 0.455 e. The van der Waals surface area contributed by atoms with Crippen molar-refractivity contribution in [2.24, 2.45) is 0 Å². The van der Waals surface area contributed by atoms with Crippen molar-refractivity contribution < 1.29 is 4.42 Å². The molecule has 5 heteroatoms. The molecule has 210 valence electrons. The molecule has 6 aromatic carbocycles. The van der Waals surface area contributed by atoms with E-state index < -0.39 is 0 Å². The van der Waals surface area contributed by atoms with Gasteiger partial charge in [0.25, 0.3) is 0 Å². The van der Waals surface area contributed by atoms with E-state index in [0.717, 1.165) is 55.5 Å². The second kappa shape index (κ2) is 9.36. The number of aromatic nitrogens is 3. The minimum absolute atomic E-state index is 0.633. The minimum atomic E-state index is 0.633. The van der Waals surface area contributed by atoms with Gasteiger partial charge in [0.1, 0.15) is 11.2 Å². The van der Waals surface area contributed by atoms with Gasteiger partial charge in [-0.05, 0) is 24.3 Å². The molecular weight excluding hydrogens is 571 g/mol. The molecule has 0 N–H and O–H groups in total. The first-order valence-electron chi connectivity index (χ1n) is 15.0. The molecule has 0 spiro atoms. The van der Waals surface area contributed by atoms with Gasteiger partial charge in [-0.15, -0.1) is 11.3 Å². The van der Waals surface area contributed by atoms with Gasteiger partial charge >= 0.3 is 0 Å². The van der Waals surface area contributed by atoms with Crippen LogP contribution in [0.25, 0.3) is 92.4 Å². The van der Waals surface area contributed by atoms with Crippen LogP contribution in [0.2, 0.25) is 0 Å². The van der Waals surface area contributed by atoms with Gasteiger partial charge in [0.15, 0.2) is 0 Å². The summed E-state index contributed by atoms with van der Waals surface area (Å²) in [5.74, 6) is 0.633. The van der Waals surface area contributed by atoms with E-state index in [1.54, 1.807) is 0 Å². The summed E-state index contributed by atoms with van der Waals surface area (Å²) in [5, 5.41) is 6.93. The summed E-state index contributed by atoms with van der Waals surface area (Å²) < 4.78 is 11.5. The topological polar surface area (TPSA) is 43.9 Å². The van der Waals surface area contributed by atoms with Gasteiger partial charge < -0.3 is 4.42 Å². The van der Waals surface area contributed by atoms with E-state index in [1.165, 1.54) is 30.9 Å². The summed E-state index contributed by atoms with van der Waals surface area (Å²) in [6.45, 7) is 0. The molecule has 0 radical (unpaired) electrons. The van der Waals surface area contributed by atoms with Gasteiger partial charge in [0.05, 0.1) is 27.8 Å². The van der Waals surface area contributed by atoms with Crippen molar-refractivity contribution in [3.63, 3.8) is 0 Å². The van der Waals surface area contributed by atoms with Crippen molar-refractivity contribution in [3.8, 4) is 28.5 Å². The Morgan fingerprint density at radius 3 is 1.87 bits per heavy atom. The van der Waals surface area contributed by atoms with Crippen LogP contribution >= 0.6 is 11.3 Å². The molecule has 4 heterocycles. The van der Waals surface area contributed by atoms with Crippen LogP contribution in [0.4, 0.5) is 0 Å². The number of hydrogen-bond acceptors (Lipinski definition) is 4. The van der Waals surface area contributed by atoms with Crippen LogP contribution in [0.15, 0.2) is 144 Å². The van der Waals surface area contributed by atoms with E-state index in [9.17, 15) is 0 Å². The number of rotatable bonds is 3. The van der Waals surface area contributed by atoms with Crippen LogP contribution in [0.3, 0.4) is 0 Å². The zero-order chi connectivity index (χ0) is 29.5. The average molecular weight is 594 g/mol. The maximum Gasteiger partial charge on any atom is 0.235 e. The van der Waals surface area contributed by atoms with Gasteiger partial charge in [-0.25, -0.2) is 9.97 Å². The average Bonchev–Trinajstić information content (AvgIpc) is 3.78. The highest BCUT2D eigenvalue weighted by Crippen LogP contribution is 2.50. The predicted molar refractivity (Wildman–Crippen MR) is 187 cm³/mol. The molecule has 45 heavy (non-hydrogen) atoms. The molecule has 0 aliphatic carbocycles. The monoisotopic (exact) mass is 593 g/mol. The standard InChI is InChI=1S/C40H23N3OS/c1-3-13-24(14-4-1)29-23-30(25-15-5-2-6-16-25)42-40(41-29)43-31-20-10-7-17-26(31)35-37(43)34-27-18-8-11-21-32(27)44-38(34)36-28-19-9-12-22-33(28)45-39(35)36/h1-23H. The summed E-state index contributed by atoms with van der Waals surface area (Å²) in [6.07, 6.45) is 0. The van der Waals surface area contributed by atoms with E-state index in [2.05, 4.69) is 126 Å². The molecule has 0 aliphatic heterocycles. The maximum atomic E-state index is 6.77. The Bertz CT molecular complexity index is 2670. The zero-order valence-electron chi connectivity index (χ0n) is 23.9. The number of benzene rings is 6. The third-order valence-electron chi connectivity index (χ3n) is 8.81. The van der Waals surface area contributed by atoms with Crippen LogP contribution in [-0.4, -0.2) is 14.5 Å². The number of furan rings is 1. The lowest BCUT2D eigenvalue weighted by molar-refractivity contribution is 0.673. The SMILES string of the molecule is c1ccc(-c2cc(-c3ccccc3)nc(-n3c4ccccc4c4c5sc6ccccc6c5c5oc6ccccc6c5c43)n2)cc1. The number of fused-ring (bicyclic) bond motifs is 12. The van der Waals surface area contributed by atoms with E-state index in [-0.39, 0.29) is 0 Å². The van der Waals surface area contributed by atoms with Gasteiger partial charge in [-0.3, -0.25) is 4.57 Å². The second-order valence-corrected chi connectivity index (χ2v) is 12.4. The number of hydrogen-bond donors (Lipinski definition) is 0. The van der Waals surface area contributed by atoms with Gasteiger partial charge in [0.2, 0.25) is 5.95 Å². The van der Waals surface area contributed by atoms with Crippen LogP contribution in [-0.2, 0) is 0 Å². The number of nitrogens with zero attached hydrogens (tertiary/aromatic N) is 3. The highest BCUT2D eigenvalue weighted by Gasteiger charge is 2.26. The van der Waals surface area contributed by atoms with Gasteiger partial charge in [0, 0.05) is 47.5 Å². The number of thiophene rings is 1. The Kier molecular flexibility index (Phi) is 5.12. The van der Waals surface area contributed by atoms with Gasteiger partial charge in [-0.1, -0.05) is 115 Å². The summed E-state index contributed by atoms with van der Waals surface area (Å²) >= 11 is 1.83. The highest BCUT2D eigenvalue weighted by atomic mass is 32.1. The summed E-state index contributed by atoms with van der Waals surface area (Å²) in [6, 6.07) is 48.5. The number of para-hydroxylation sites is 2. The fraction of sp³-hybridized carbons (Fsp3) is 0. The predicted octanol–water partition coefficient (Wildman–Crippen LogP) is 11.2. The lowest BCUT2D eigenvalue weighted by atomic mass is 10.0. The van der Waals surface area contributed by atoms with Crippen LogP contribution in [0, 0.1) is 0 Å². The smallest absolute Gasteiger partial charge is 0.235 e. The first-order chi connectivity index (χ1) is 22.3. The Labute approximate surface area is 261 Å². The van der Waals surface area contributed by atoms with Gasteiger partial charge in [-0.2, -0.15) is 0 Å². The van der Waals surface area contributed by atoms with Crippen molar-refractivity contribution >= 4 is 75.3 Å². The first kappa shape index (κ1) is 24.6. The Balaban J connectivity index is 1.45. The van der Waals surface area contributed by atoms with Crippen molar-refractivity contribution in [1.29, 1.82) is 0 Å². The molecule has 0 bridgehead atoms. The minimum Gasteiger partial charge on any atom is -0.455 e. The molecule has 4 aromatic heterocycles. The quantitative estimate of drug-likeness (QED) is 0.205. The highest BCUT2D eigenvalue weighted by molar-refractivity contribution is 7.27. The van der Waals surface area contributed by atoms with Crippen LogP contribution in [0.5, 0.6) is 0 Å². The molecule has 0 atom stereocenters. The molecule has 0 saturated heterocycles. The van der Waals surface area contributed by atoms with E-state index >= 15 is 0 Å². The van der Waals surface area contributed by atoms with Crippen molar-refractivity contribution in [3.05, 3.63) is 140 Å². The Morgan fingerprint density at radius 2 is 1.13 bits per heavy atom. The second-order valence-electron chi connectivity index (χ2n) is 11.4. The summed E-state index contributed by atoms with van der Waals surface area (Å²) in [5.41, 5.74) is 7.76. The molecule has 0 fully saturated rings. The van der Waals surface area contributed by atoms with Crippen LogP contribution < -0.4 is 0 Å². The van der Waals surface area contributed by atoms with E-state index in [4.69, 9.17) is 14.4 Å². The van der Waals surface area contributed by atoms with Crippen LogP contribution in [0.1, 0.15) is 0 Å². The van der Waals surface area contributed by atoms with Crippen molar-refractivity contribution in [1.82, 2.24) is 14.5 Å². The van der Waals surface area contributed by atoms with Crippen molar-refractivity contribution in [2.45, 2.75) is 0 Å². The van der Waals surface area contributed by atoms with E-state index in [0.29, 0.717) is 5.95 Å². The fourth-order valence-corrected chi connectivity index (χ4v) is 8.13. The molecule has 4 nitrogen and oxygen atoms in total. The molecule has 0 amide bonds. The molecule has 0 unspecified atom stereocenters. The lowest BCUT2D eigenvalue weighted by Gasteiger charge is -2.12. The maximum absolute atomic E-state index is 6.77. The summed E-state index contributed by atoms with van der Waals surface area (Å²) in [7, 11) is 0. The first-order valence-corrected chi connectivity index (χ1v) is 15.8. The third-order valence-corrected chi connectivity index (χ3v) is 10.00. The zero-order valence-corrected chi connectivity index (χ0v) is 24.8. The van der Waals surface area contributed by atoms with Crippen molar-refractivity contribution in [2.75, 3.05) is 0 Å². The Hall–Kier alpha value is -5.78. The fourth-order valence-electron chi connectivity index (χ4n) is 6.87. The normalized spacial score (nSPS) is 12.0. The van der Waals surface area contributed by atoms with E-state index in [1.807, 2.05) is 29.5 Å². The summed E-state index contributed by atoms with van der Waals surface area (Å²) in [4.78, 5) is 10.6. The molecular formula is C40H23N3OS. The Morgan fingerprint density at radius 1 is 0.533 bits per heavy atom. The molecule has 0 saturated carbocycles.